The summed E-state index contributed by atoms with van der Waals surface area (Å²) in [5.74, 6) is 0. The first kappa shape index (κ1) is 9.09. The highest BCUT2D eigenvalue weighted by Crippen LogP contribution is 1.92. The Hall–Kier alpha value is -0.910. The molecule has 0 radical (unpaired) electrons. The molecule has 0 aromatic heterocycles. The predicted octanol–water partition coefficient (Wildman–Crippen LogP) is 0.268. The summed E-state index contributed by atoms with van der Waals surface area (Å²) in [6.45, 7) is 0. The lowest BCUT2D eigenvalue weighted by Gasteiger charge is -1.94. The van der Waals surface area contributed by atoms with Crippen molar-refractivity contribution in [2.24, 2.45) is 0 Å². The van der Waals surface area contributed by atoms with E-state index >= 15 is 0 Å². The van der Waals surface area contributed by atoms with Crippen LogP contribution < -0.4 is 0 Å². The Balaban J connectivity index is 4.09. The van der Waals surface area contributed by atoms with Gasteiger partial charge in [-0.1, -0.05) is 0 Å². The molecule has 5 nitrogen and oxygen atoms in total. The van der Waals surface area contributed by atoms with Crippen LogP contribution in [0.5, 0.6) is 0 Å². The minimum Gasteiger partial charge on any atom is -0.459 e. The Bertz CT molecular complexity index is 156. The van der Waals surface area contributed by atoms with Gasteiger partial charge in [-0.25, -0.2) is 13.8 Å². The molecule has 0 aliphatic carbocycles. The summed E-state index contributed by atoms with van der Waals surface area (Å²) >= 11 is 0. The Morgan fingerprint density at radius 2 is 1.40 bits per heavy atom. The van der Waals surface area contributed by atoms with E-state index in [1.54, 1.807) is 0 Å². The molecular formula is C4H6O5S. The molecule has 58 valence electrons. The van der Waals surface area contributed by atoms with Crippen molar-refractivity contribution in [1.82, 2.24) is 0 Å². The van der Waals surface area contributed by atoms with Gasteiger partial charge >= 0.3 is 10.6 Å². The van der Waals surface area contributed by atoms with Crippen LogP contribution in [-0.2, 0) is 20.3 Å². The Morgan fingerprint density at radius 3 is 1.60 bits per heavy atom. The maximum atomic E-state index is 10.5. The van der Waals surface area contributed by atoms with E-state index in [-0.39, 0.29) is 0 Å². The third kappa shape index (κ3) is 2.14. The van der Waals surface area contributed by atoms with E-state index in [1.807, 2.05) is 0 Å². The van der Waals surface area contributed by atoms with Gasteiger partial charge in [0.1, 0.15) is 0 Å². The Labute approximate surface area is 59.8 Å². The van der Waals surface area contributed by atoms with Gasteiger partial charge in [-0.3, -0.25) is 0 Å². The molecule has 0 bridgehead atoms. The second-order valence-corrected chi connectivity index (χ2v) is 2.38. The quantitative estimate of drug-likeness (QED) is 0.483. The summed E-state index contributed by atoms with van der Waals surface area (Å²) in [7, 11) is -0.270. The van der Waals surface area contributed by atoms with Crippen LogP contribution in [0.2, 0.25) is 0 Å². The smallest absolute Gasteiger partial charge is 0.408 e. The van der Waals surface area contributed by atoms with Crippen LogP contribution in [0.15, 0.2) is 0 Å². The third-order valence-electron chi connectivity index (χ3n) is 0.636. The van der Waals surface area contributed by atoms with Crippen LogP contribution in [0.1, 0.15) is 0 Å². The van der Waals surface area contributed by atoms with Crippen molar-refractivity contribution in [1.29, 1.82) is 0 Å². The van der Waals surface area contributed by atoms with Gasteiger partial charge < -0.3 is 9.47 Å². The summed E-state index contributed by atoms with van der Waals surface area (Å²) in [5.41, 5.74) is 0. The molecular weight excluding hydrogens is 160 g/mol. The number of carbonyl (C=O) groups is 2. The molecule has 0 aromatic carbocycles. The molecule has 0 aliphatic rings. The van der Waals surface area contributed by atoms with Crippen molar-refractivity contribution in [2.75, 3.05) is 14.2 Å². The molecule has 0 heterocycles. The summed E-state index contributed by atoms with van der Waals surface area (Å²) in [4.78, 5) is 20.6. The minimum absolute atomic E-state index is 1.03. The van der Waals surface area contributed by atoms with Crippen molar-refractivity contribution >= 4 is 21.4 Å². The highest BCUT2D eigenvalue weighted by molar-refractivity contribution is 8.12. The zero-order valence-electron chi connectivity index (χ0n) is 5.45. The summed E-state index contributed by atoms with van der Waals surface area (Å²) < 4.78 is 18.5. The lowest BCUT2D eigenvalue weighted by molar-refractivity contribution is 0.192. The van der Waals surface area contributed by atoms with Crippen LogP contribution in [0.25, 0.3) is 0 Å². The highest BCUT2D eigenvalue weighted by Gasteiger charge is 2.21. The summed E-state index contributed by atoms with van der Waals surface area (Å²) in [5, 5.41) is -2.21. The number of hydrogen-bond acceptors (Lipinski definition) is 5. The second kappa shape index (κ2) is 3.99. The summed E-state index contributed by atoms with van der Waals surface area (Å²) in [6, 6.07) is 0. The lowest BCUT2D eigenvalue weighted by atomic mass is 11.4. The number of rotatable bonds is 0. The van der Waals surface area contributed by atoms with Gasteiger partial charge in [-0.2, -0.15) is 0 Å². The van der Waals surface area contributed by atoms with E-state index in [0.717, 1.165) is 14.2 Å². The zero-order chi connectivity index (χ0) is 8.15. The van der Waals surface area contributed by atoms with Crippen LogP contribution in [0, 0.1) is 0 Å². The Morgan fingerprint density at radius 1 is 1.10 bits per heavy atom. The largest absolute Gasteiger partial charge is 0.459 e. The monoisotopic (exact) mass is 166 g/mol. The Kier molecular flexibility index (Phi) is 3.63. The topological polar surface area (TPSA) is 69.7 Å². The van der Waals surface area contributed by atoms with Gasteiger partial charge in [-0.05, 0) is 0 Å². The van der Waals surface area contributed by atoms with Crippen molar-refractivity contribution < 1.29 is 23.3 Å². The maximum Gasteiger partial charge on any atom is 0.408 e. The average molecular weight is 166 g/mol. The first-order chi connectivity index (χ1) is 4.63. The van der Waals surface area contributed by atoms with Crippen molar-refractivity contribution in [3.63, 3.8) is 0 Å². The van der Waals surface area contributed by atoms with Gasteiger partial charge in [0, 0.05) is 0 Å². The number of ether oxygens (including phenoxy) is 2. The molecule has 0 spiro atoms. The number of methoxy groups -OCH3 is 2. The van der Waals surface area contributed by atoms with Gasteiger partial charge in [0.2, 0.25) is 10.8 Å². The molecule has 0 aromatic rings. The van der Waals surface area contributed by atoms with E-state index in [0.29, 0.717) is 0 Å². The molecule has 10 heavy (non-hydrogen) atoms. The lowest BCUT2D eigenvalue weighted by Crippen LogP contribution is -2.16. The maximum absolute atomic E-state index is 10.5. The molecule has 0 aliphatic heterocycles. The molecule has 0 fully saturated rings. The van der Waals surface area contributed by atoms with E-state index < -0.39 is 21.4 Å². The number of hydrogen-bond donors (Lipinski definition) is 0. The normalized spacial score (nSPS) is 9.10. The van der Waals surface area contributed by atoms with Crippen molar-refractivity contribution in [2.45, 2.75) is 0 Å². The average Bonchev–Trinajstić information content (AvgIpc) is 2.00. The van der Waals surface area contributed by atoms with Crippen molar-refractivity contribution in [3.8, 4) is 0 Å². The van der Waals surface area contributed by atoms with Gasteiger partial charge in [0.15, 0.2) is 0 Å². The fourth-order valence-electron chi connectivity index (χ4n) is 0.219. The first-order valence-electron chi connectivity index (χ1n) is 2.21. The van der Waals surface area contributed by atoms with Gasteiger partial charge in [0.25, 0.3) is 0 Å². The van der Waals surface area contributed by atoms with Crippen LogP contribution in [0.4, 0.5) is 9.59 Å². The van der Waals surface area contributed by atoms with Crippen molar-refractivity contribution in [3.05, 3.63) is 0 Å². The first-order valence-corrected chi connectivity index (χ1v) is 3.36. The summed E-state index contributed by atoms with van der Waals surface area (Å²) in [6.07, 6.45) is 0. The molecule has 0 saturated carbocycles. The molecule has 0 saturated heterocycles. The van der Waals surface area contributed by atoms with Crippen LogP contribution in [0.3, 0.4) is 0 Å². The zero-order valence-corrected chi connectivity index (χ0v) is 6.27. The van der Waals surface area contributed by atoms with Crippen LogP contribution >= 0.6 is 0 Å². The third-order valence-corrected chi connectivity index (χ3v) is 1.57. The van der Waals surface area contributed by atoms with E-state index in [9.17, 15) is 13.8 Å². The van der Waals surface area contributed by atoms with Crippen LogP contribution in [-0.4, -0.2) is 29.0 Å². The number of carbonyl (C=O) groups excluding carboxylic acids is 2. The highest BCUT2D eigenvalue weighted by atomic mass is 32.2. The molecule has 0 N–H and O–H groups in total. The molecule has 0 atom stereocenters. The van der Waals surface area contributed by atoms with E-state index in [2.05, 4.69) is 9.47 Å². The predicted molar refractivity (Wildman–Crippen MR) is 33.0 cm³/mol. The second-order valence-electron chi connectivity index (χ2n) is 1.18. The van der Waals surface area contributed by atoms with Gasteiger partial charge in [-0.15, -0.1) is 0 Å². The van der Waals surface area contributed by atoms with E-state index in [4.69, 9.17) is 0 Å². The standard InChI is InChI=1S/C4H6O5S/c1-8-3(5)10(7)4(6)9-2/h1-2H3. The molecule has 6 heteroatoms. The fourth-order valence-corrected chi connectivity index (χ4v) is 0.658. The van der Waals surface area contributed by atoms with E-state index in [1.165, 1.54) is 0 Å². The SMILES string of the molecule is COC(=O)S(=O)C(=O)OC. The molecule has 0 amide bonds. The fraction of sp³-hybridized carbons (Fsp3) is 0.500. The molecule has 0 rings (SSSR count). The minimum atomic E-state index is -2.33. The van der Waals surface area contributed by atoms with Gasteiger partial charge in [0.05, 0.1) is 14.2 Å². The molecule has 0 unspecified atom stereocenters.